The molecule has 0 aliphatic heterocycles. The smallest absolute Gasteiger partial charge is 0.0372 e. The van der Waals surface area contributed by atoms with Gasteiger partial charge >= 0.3 is 0 Å². The van der Waals surface area contributed by atoms with E-state index in [-0.39, 0.29) is 0 Å². The zero-order chi connectivity index (χ0) is 6.46. The average Bonchev–Trinajstić information content (AvgIpc) is 2.34. The van der Waals surface area contributed by atoms with Crippen molar-refractivity contribution in [2.24, 2.45) is 35.5 Å². The molecule has 6 bridgehead atoms. The molecule has 7 atom stereocenters. The minimum absolute atomic E-state index is 0.587. The first kappa shape index (κ1) is 5.03. The quantitative estimate of drug-likeness (QED) is 0.469. The summed E-state index contributed by atoms with van der Waals surface area (Å²) in [6, 6.07) is 0. The second-order valence-corrected chi connectivity index (χ2v) is 5.27. The molecule has 54 valence electrons. The number of alkyl halides is 1. The molecular formula is C9H11Cl. The molecule has 0 radical (unpaired) electrons. The third kappa shape index (κ3) is 0.300. The van der Waals surface area contributed by atoms with E-state index in [0.717, 1.165) is 23.7 Å². The van der Waals surface area contributed by atoms with Gasteiger partial charge in [0, 0.05) is 5.38 Å². The van der Waals surface area contributed by atoms with Crippen LogP contribution in [0.3, 0.4) is 0 Å². The van der Waals surface area contributed by atoms with E-state index >= 15 is 0 Å². The van der Waals surface area contributed by atoms with Gasteiger partial charge in [0.05, 0.1) is 0 Å². The third-order valence-corrected chi connectivity index (χ3v) is 5.20. The lowest BCUT2D eigenvalue weighted by molar-refractivity contribution is 0.444. The standard InChI is InChI=1S/C9H11Cl/c10-6-2-4-3-1-5-7(4)9(5)8(3)6/h3-9H,1-2H2/t3-,4-,5+,6-,7-,8-,9+/m0/s1. The molecule has 0 nitrogen and oxygen atoms in total. The zero-order valence-corrected chi connectivity index (χ0v) is 6.59. The lowest BCUT2D eigenvalue weighted by Crippen LogP contribution is -2.12. The normalized spacial score (nSPS) is 80.7. The van der Waals surface area contributed by atoms with E-state index in [1.807, 2.05) is 0 Å². The lowest BCUT2D eigenvalue weighted by Gasteiger charge is -2.13. The van der Waals surface area contributed by atoms with Gasteiger partial charge in [0.2, 0.25) is 0 Å². The van der Waals surface area contributed by atoms with Crippen LogP contribution in [0, 0.1) is 35.5 Å². The van der Waals surface area contributed by atoms with E-state index in [4.69, 9.17) is 11.6 Å². The van der Waals surface area contributed by atoms with Crippen molar-refractivity contribution < 1.29 is 0 Å². The highest BCUT2D eigenvalue weighted by atomic mass is 35.5. The first-order valence-electron chi connectivity index (χ1n) is 4.52. The second kappa shape index (κ2) is 1.18. The van der Waals surface area contributed by atoms with Crippen LogP contribution in [0.25, 0.3) is 0 Å². The van der Waals surface area contributed by atoms with Gasteiger partial charge < -0.3 is 0 Å². The summed E-state index contributed by atoms with van der Waals surface area (Å²) in [6.45, 7) is 0. The van der Waals surface area contributed by atoms with Crippen molar-refractivity contribution in [3.05, 3.63) is 0 Å². The van der Waals surface area contributed by atoms with E-state index in [1.54, 1.807) is 6.42 Å². The Labute approximate surface area is 65.9 Å². The van der Waals surface area contributed by atoms with Crippen LogP contribution in [0.2, 0.25) is 0 Å². The van der Waals surface area contributed by atoms with Crippen molar-refractivity contribution in [1.29, 1.82) is 0 Å². The van der Waals surface area contributed by atoms with Crippen LogP contribution >= 0.6 is 11.6 Å². The summed E-state index contributed by atoms with van der Waals surface area (Å²) in [5, 5.41) is 0.587. The van der Waals surface area contributed by atoms with Gasteiger partial charge in [0.1, 0.15) is 0 Å². The SMILES string of the molecule is Cl[C@H]1C[C@H]2[C@@H]3C[C@@H]4[C@H]2[C@@H]4[C@@H]31. The highest BCUT2D eigenvalue weighted by molar-refractivity contribution is 6.21. The second-order valence-electron chi connectivity index (χ2n) is 4.71. The Morgan fingerprint density at radius 2 is 1.60 bits per heavy atom. The molecule has 0 amide bonds. The fourth-order valence-electron chi connectivity index (χ4n) is 4.65. The van der Waals surface area contributed by atoms with Crippen molar-refractivity contribution in [1.82, 2.24) is 0 Å². The Kier molecular flexibility index (Phi) is 0.592. The summed E-state index contributed by atoms with van der Waals surface area (Å²) in [5.74, 6) is 6.67. The first-order valence-corrected chi connectivity index (χ1v) is 4.95. The highest BCUT2D eigenvalue weighted by Gasteiger charge is 2.77. The van der Waals surface area contributed by atoms with Gasteiger partial charge in [-0.25, -0.2) is 0 Å². The molecule has 0 spiro atoms. The van der Waals surface area contributed by atoms with Crippen LogP contribution < -0.4 is 0 Å². The molecule has 0 unspecified atom stereocenters. The Morgan fingerprint density at radius 3 is 2.10 bits per heavy atom. The minimum atomic E-state index is 0.587. The van der Waals surface area contributed by atoms with Crippen LogP contribution in [0.5, 0.6) is 0 Å². The van der Waals surface area contributed by atoms with Gasteiger partial charge in [0.25, 0.3) is 0 Å². The van der Waals surface area contributed by atoms with Crippen LogP contribution in [0.1, 0.15) is 12.8 Å². The Morgan fingerprint density at radius 1 is 0.800 bits per heavy atom. The zero-order valence-electron chi connectivity index (χ0n) is 5.83. The summed E-state index contributed by atoms with van der Waals surface area (Å²) in [6.07, 6.45) is 2.93. The molecule has 10 heavy (non-hydrogen) atoms. The van der Waals surface area contributed by atoms with E-state index in [0.29, 0.717) is 5.38 Å². The molecule has 5 rings (SSSR count). The molecule has 0 N–H and O–H groups in total. The van der Waals surface area contributed by atoms with Gasteiger partial charge in [-0.05, 0) is 48.3 Å². The van der Waals surface area contributed by atoms with Crippen LogP contribution in [0.4, 0.5) is 0 Å². The van der Waals surface area contributed by atoms with Crippen molar-refractivity contribution in [3.63, 3.8) is 0 Å². The molecular weight excluding hydrogens is 144 g/mol. The molecule has 0 saturated heterocycles. The van der Waals surface area contributed by atoms with Gasteiger partial charge in [-0.3, -0.25) is 0 Å². The predicted molar refractivity (Wildman–Crippen MR) is 39.8 cm³/mol. The van der Waals surface area contributed by atoms with Crippen molar-refractivity contribution in [2.75, 3.05) is 0 Å². The number of hydrogen-bond acceptors (Lipinski definition) is 0. The fourth-order valence-corrected chi connectivity index (χ4v) is 5.21. The molecule has 0 aromatic heterocycles. The number of halogens is 1. The largest absolute Gasteiger partial charge is 0.123 e. The van der Waals surface area contributed by atoms with Crippen LogP contribution in [0.15, 0.2) is 0 Å². The number of hydrogen-bond donors (Lipinski definition) is 0. The van der Waals surface area contributed by atoms with E-state index in [1.165, 1.54) is 18.3 Å². The molecule has 0 aromatic carbocycles. The summed E-state index contributed by atoms with van der Waals surface area (Å²) in [5.41, 5.74) is 0. The Bertz CT molecular complexity index is 213. The third-order valence-electron chi connectivity index (χ3n) is 4.73. The molecule has 0 heterocycles. The summed E-state index contributed by atoms with van der Waals surface area (Å²) in [4.78, 5) is 0. The molecule has 5 saturated carbocycles. The maximum atomic E-state index is 6.25. The number of rotatable bonds is 0. The minimum Gasteiger partial charge on any atom is -0.123 e. The van der Waals surface area contributed by atoms with Gasteiger partial charge in [-0.2, -0.15) is 0 Å². The molecule has 0 aromatic rings. The Hall–Kier alpha value is 0.290. The topological polar surface area (TPSA) is 0 Å². The van der Waals surface area contributed by atoms with Crippen molar-refractivity contribution in [2.45, 2.75) is 18.2 Å². The molecule has 5 aliphatic carbocycles. The van der Waals surface area contributed by atoms with E-state index in [9.17, 15) is 0 Å². The predicted octanol–water partition coefficient (Wildman–Crippen LogP) is 2.13. The monoisotopic (exact) mass is 154 g/mol. The van der Waals surface area contributed by atoms with Gasteiger partial charge in [-0.1, -0.05) is 0 Å². The van der Waals surface area contributed by atoms with Crippen LogP contribution in [-0.4, -0.2) is 5.38 Å². The summed E-state index contributed by atoms with van der Waals surface area (Å²) >= 11 is 6.25. The maximum absolute atomic E-state index is 6.25. The lowest BCUT2D eigenvalue weighted by atomic mass is 10.0. The Balaban J connectivity index is 1.93. The maximum Gasteiger partial charge on any atom is 0.0372 e. The molecule has 1 heteroatoms. The van der Waals surface area contributed by atoms with Crippen molar-refractivity contribution >= 4 is 11.6 Å². The molecule has 5 fully saturated rings. The van der Waals surface area contributed by atoms with Crippen molar-refractivity contribution in [3.8, 4) is 0 Å². The highest BCUT2D eigenvalue weighted by Crippen LogP contribution is 2.81. The van der Waals surface area contributed by atoms with E-state index < -0.39 is 0 Å². The van der Waals surface area contributed by atoms with Gasteiger partial charge in [-0.15, -0.1) is 11.6 Å². The van der Waals surface area contributed by atoms with Gasteiger partial charge in [0.15, 0.2) is 0 Å². The summed E-state index contributed by atoms with van der Waals surface area (Å²) in [7, 11) is 0. The molecule has 5 aliphatic rings. The van der Waals surface area contributed by atoms with Crippen LogP contribution in [-0.2, 0) is 0 Å². The van der Waals surface area contributed by atoms with E-state index in [2.05, 4.69) is 0 Å². The summed E-state index contributed by atoms with van der Waals surface area (Å²) < 4.78 is 0. The fraction of sp³-hybridized carbons (Fsp3) is 1.00. The first-order chi connectivity index (χ1) is 4.88. The average molecular weight is 155 g/mol.